The van der Waals surface area contributed by atoms with Crippen molar-refractivity contribution in [2.45, 2.75) is 32.7 Å². The highest BCUT2D eigenvalue weighted by Gasteiger charge is 2.21. The van der Waals surface area contributed by atoms with Gasteiger partial charge in [0.15, 0.2) is 5.13 Å². The van der Waals surface area contributed by atoms with Gasteiger partial charge in [0, 0.05) is 16.1 Å². The zero-order chi connectivity index (χ0) is 18.1. The molecule has 1 atom stereocenters. The lowest BCUT2D eigenvalue weighted by Gasteiger charge is -2.15. The number of anilines is 1. The second kappa shape index (κ2) is 7.21. The molecule has 0 fully saturated rings. The average molecular weight is 387 g/mol. The van der Waals surface area contributed by atoms with Crippen LogP contribution in [0, 0.1) is 5.92 Å². The first-order chi connectivity index (χ1) is 12.6. The Kier molecular flexibility index (Phi) is 4.78. The van der Waals surface area contributed by atoms with E-state index >= 15 is 0 Å². The van der Waals surface area contributed by atoms with Gasteiger partial charge in [-0.15, -0.1) is 11.3 Å². The van der Waals surface area contributed by atoms with Crippen LogP contribution in [0.5, 0.6) is 0 Å². The van der Waals surface area contributed by atoms with E-state index in [-0.39, 0.29) is 5.91 Å². The first kappa shape index (κ1) is 17.2. The fourth-order valence-electron chi connectivity index (χ4n) is 3.13. The van der Waals surface area contributed by atoms with Crippen LogP contribution in [-0.4, -0.2) is 20.7 Å². The number of nitrogens with zero attached hydrogens (tertiary/aromatic N) is 3. The van der Waals surface area contributed by atoms with Crippen LogP contribution in [0.3, 0.4) is 0 Å². The SMILES string of the molecule is CC1CCc2nc(NC(=O)c3cnn(Cc4ccccc4Cl)c3)sc2C1. The molecule has 2 heterocycles. The van der Waals surface area contributed by atoms with Gasteiger partial charge in [0.1, 0.15) is 0 Å². The molecular formula is C19H19ClN4OS. The summed E-state index contributed by atoms with van der Waals surface area (Å²) in [6.45, 7) is 2.78. The van der Waals surface area contributed by atoms with Crippen molar-refractivity contribution in [3.8, 4) is 0 Å². The monoisotopic (exact) mass is 386 g/mol. The molecule has 0 saturated heterocycles. The van der Waals surface area contributed by atoms with Crippen LogP contribution >= 0.6 is 22.9 Å². The molecule has 1 amide bonds. The Balaban J connectivity index is 1.44. The smallest absolute Gasteiger partial charge is 0.260 e. The van der Waals surface area contributed by atoms with E-state index in [4.69, 9.17) is 11.6 Å². The second-order valence-electron chi connectivity index (χ2n) is 6.71. The summed E-state index contributed by atoms with van der Waals surface area (Å²) >= 11 is 7.77. The number of carbonyl (C=O) groups excluding carboxylic acids is 1. The quantitative estimate of drug-likeness (QED) is 0.722. The highest BCUT2D eigenvalue weighted by atomic mass is 35.5. The number of thiazole rings is 1. The molecule has 0 saturated carbocycles. The topological polar surface area (TPSA) is 59.8 Å². The number of hydrogen-bond acceptors (Lipinski definition) is 4. The van der Waals surface area contributed by atoms with Crippen molar-refractivity contribution in [2.24, 2.45) is 5.92 Å². The number of aryl methyl sites for hydroxylation is 1. The number of hydrogen-bond donors (Lipinski definition) is 1. The van der Waals surface area contributed by atoms with Crippen LogP contribution in [0.4, 0.5) is 5.13 Å². The molecule has 5 nitrogen and oxygen atoms in total. The van der Waals surface area contributed by atoms with Crippen molar-refractivity contribution in [2.75, 3.05) is 5.32 Å². The third-order valence-electron chi connectivity index (χ3n) is 4.59. The number of aromatic nitrogens is 3. The molecule has 1 aromatic carbocycles. The van der Waals surface area contributed by atoms with Crippen LogP contribution in [0.1, 0.15) is 39.8 Å². The average Bonchev–Trinajstić information content (AvgIpc) is 3.23. The van der Waals surface area contributed by atoms with E-state index in [9.17, 15) is 4.79 Å². The van der Waals surface area contributed by atoms with Crippen molar-refractivity contribution < 1.29 is 4.79 Å². The number of carbonyl (C=O) groups is 1. The first-order valence-electron chi connectivity index (χ1n) is 8.64. The Morgan fingerprint density at radius 1 is 1.42 bits per heavy atom. The van der Waals surface area contributed by atoms with E-state index in [0.717, 1.165) is 24.1 Å². The number of amides is 1. The maximum atomic E-state index is 12.5. The van der Waals surface area contributed by atoms with Gasteiger partial charge in [-0.05, 0) is 36.8 Å². The molecule has 3 aromatic rings. The summed E-state index contributed by atoms with van der Waals surface area (Å²) in [6.07, 6.45) is 6.52. The van der Waals surface area contributed by atoms with E-state index in [1.54, 1.807) is 28.4 Å². The van der Waals surface area contributed by atoms with Gasteiger partial charge in [0.2, 0.25) is 0 Å². The Labute approximate surface area is 161 Å². The van der Waals surface area contributed by atoms with Crippen LogP contribution in [0.25, 0.3) is 0 Å². The molecular weight excluding hydrogens is 368 g/mol. The van der Waals surface area contributed by atoms with Crippen LogP contribution in [0.2, 0.25) is 5.02 Å². The van der Waals surface area contributed by atoms with Gasteiger partial charge in [-0.1, -0.05) is 36.7 Å². The molecule has 0 spiro atoms. The maximum Gasteiger partial charge on any atom is 0.260 e. The number of rotatable bonds is 4. The summed E-state index contributed by atoms with van der Waals surface area (Å²) in [7, 11) is 0. The summed E-state index contributed by atoms with van der Waals surface area (Å²) in [5, 5.41) is 8.54. The normalized spacial score (nSPS) is 16.3. The first-order valence-corrected chi connectivity index (χ1v) is 9.83. The van der Waals surface area contributed by atoms with E-state index < -0.39 is 0 Å². The summed E-state index contributed by atoms with van der Waals surface area (Å²) in [5.41, 5.74) is 2.61. The Bertz CT molecular complexity index is 949. The highest BCUT2D eigenvalue weighted by Crippen LogP contribution is 2.32. The number of nitrogens with one attached hydrogen (secondary N) is 1. The van der Waals surface area contributed by atoms with E-state index in [1.807, 2.05) is 24.3 Å². The van der Waals surface area contributed by atoms with Crippen molar-refractivity contribution in [1.82, 2.24) is 14.8 Å². The zero-order valence-corrected chi connectivity index (χ0v) is 16.0. The third-order valence-corrected chi connectivity index (χ3v) is 6.00. The largest absolute Gasteiger partial charge is 0.298 e. The minimum absolute atomic E-state index is 0.186. The van der Waals surface area contributed by atoms with Crippen LogP contribution in [-0.2, 0) is 19.4 Å². The molecule has 1 unspecified atom stereocenters. The summed E-state index contributed by atoms with van der Waals surface area (Å²) in [4.78, 5) is 18.4. The summed E-state index contributed by atoms with van der Waals surface area (Å²) < 4.78 is 1.71. The fraction of sp³-hybridized carbons (Fsp3) is 0.316. The zero-order valence-electron chi connectivity index (χ0n) is 14.4. The minimum Gasteiger partial charge on any atom is -0.298 e. The number of benzene rings is 1. The predicted octanol–water partition coefficient (Wildman–Crippen LogP) is 4.42. The van der Waals surface area contributed by atoms with Crippen molar-refractivity contribution >= 4 is 34.0 Å². The van der Waals surface area contributed by atoms with Gasteiger partial charge < -0.3 is 0 Å². The number of fused-ring (bicyclic) bond motifs is 1. The molecule has 0 aliphatic heterocycles. The van der Waals surface area contributed by atoms with Crippen LogP contribution < -0.4 is 5.32 Å². The third kappa shape index (κ3) is 3.66. The lowest BCUT2D eigenvalue weighted by atomic mass is 9.93. The van der Waals surface area contributed by atoms with Crippen LogP contribution in [0.15, 0.2) is 36.7 Å². The van der Waals surface area contributed by atoms with Crippen molar-refractivity contribution in [1.29, 1.82) is 0 Å². The second-order valence-corrected chi connectivity index (χ2v) is 8.20. The molecule has 134 valence electrons. The van der Waals surface area contributed by atoms with Gasteiger partial charge in [-0.2, -0.15) is 5.10 Å². The fourth-order valence-corrected chi connectivity index (χ4v) is 4.49. The van der Waals surface area contributed by atoms with Gasteiger partial charge in [-0.25, -0.2) is 4.98 Å². The maximum absolute atomic E-state index is 12.5. The van der Waals surface area contributed by atoms with Crippen molar-refractivity contribution in [3.63, 3.8) is 0 Å². The van der Waals surface area contributed by atoms with E-state index in [2.05, 4.69) is 22.3 Å². The molecule has 2 aromatic heterocycles. The van der Waals surface area contributed by atoms with E-state index in [1.165, 1.54) is 11.3 Å². The molecule has 1 N–H and O–H groups in total. The van der Waals surface area contributed by atoms with Crippen molar-refractivity contribution in [3.05, 3.63) is 63.4 Å². The lowest BCUT2D eigenvalue weighted by molar-refractivity contribution is 0.102. The van der Waals surface area contributed by atoms with Gasteiger partial charge in [-0.3, -0.25) is 14.8 Å². The summed E-state index contributed by atoms with van der Waals surface area (Å²) in [5.74, 6) is 0.504. The Morgan fingerprint density at radius 2 is 2.27 bits per heavy atom. The molecule has 1 aliphatic rings. The van der Waals surface area contributed by atoms with Gasteiger partial charge in [0.25, 0.3) is 5.91 Å². The molecule has 1 aliphatic carbocycles. The van der Waals surface area contributed by atoms with Gasteiger partial charge >= 0.3 is 0 Å². The Morgan fingerprint density at radius 3 is 3.12 bits per heavy atom. The predicted molar refractivity (Wildman–Crippen MR) is 104 cm³/mol. The summed E-state index contributed by atoms with van der Waals surface area (Å²) in [6, 6.07) is 7.62. The molecule has 7 heteroatoms. The van der Waals surface area contributed by atoms with Gasteiger partial charge in [0.05, 0.1) is 24.0 Å². The molecule has 0 radical (unpaired) electrons. The molecule has 26 heavy (non-hydrogen) atoms. The number of halogens is 1. The molecule has 0 bridgehead atoms. The standard InChI is InChI=1S/C19H19ClN4OS/c1-12-6-7-16-17(8-12)26-19(22-16)23-18(25)14-9-21-24(11-14)10-13-4-2-3-5-15(13)20/h2-5,9,11-12H,6-8,10H2,1H3,(H,22,23,25). The lowest BCUT2D eigenvalue weighted by Crippen LogP contribution is -2.11. The highest BCUT2D eigenvalue weighted by molar-refractivity contribution is 7.15. The minimum atomic E-state index is -0.186. The Hall–Kier alpha value is -2.18. The van der Waals surface area contributed by atoms with E-state index in [0.29, 0.717) is 28.2 Å². The molecule has 4 rings (SSSR count).